The number of nitrogens with zero attached hydrogens (tertiary/aromatic N) is 1. The van der Waals surface area contributed by atoms with Crippen molar-refractivity contribution < 1.29 is 9.53 Å². The standard InChI is InChI=1S/C17H17NO2/c1-20-17-4-2-3-11-7-13-8-12-5-6-14(19)9-16(12)18(13)10-15(11)17/h2-4,8H,5-7,9-10H2,1H3. The van der Waals surface area contributed by atoms with Crippen LogP contribution in [0.5, 0.6) is 5.75 Å². The fraction of sp³-hybridized carbons (Fsp3) is 0.353. The van der Waals surface area contributed by atoms with Gasteiger partial charge in [0.05, 0.1) is 13.7 Å². The molecule has 0 saturated heterocycles. The molecule has 0 radical (unpaired) electrons. The van der Waals surface area contributed by atoms with E-state index in [-0.39, 0.29) is 0 Å². The number of benzene rings is 1. The molecule has 0 atom stereocenters. The number of aromatic nitrogens is 1. The number of ketones is 1. The van der Waals surface area contributed by atoms with E-state index >= 15 is 0 Å². The Hall–Kier alpha value is -2.03. The van der Waals surface area contributed by atoms with Crippen molar-refractivity contribution in [1.82, 2.24) is 4.57 Å². The van der Waals surface area contributed by atoms with Crippen molar-refractivity contribution in [3.63, 3.8) is 0 Å². The highest BCUT2D eigenvalue weighted by Gasteiger charge is 2.26. The number of aryl methyl sites for hydroxylation is 1. The Morgan fingerprint density at radius 1 is 1.15 bits per heavy atom. The van der Waals surface area contributed by atoms with Crippen LogP contribution in [0.2, 0.25) is 0 Å². The van der Waals surface area contributed by atoms with E-state index in [2.05, 4.69) is 22.8 Å². The lowest BCUT2D eigenvalue weighted by molar-refractivity contribution is -0.118. The van der Waals surface area contributed by atoms with Gasteiger partial charge in [-0.3, -0.25) is 4.79 Å². The van der Waals surface area contributed by atoms with E-state index < -0.39 is 0 Å². The van der Waals surface area contributed by atoms with Gasteiger partial charge in [-0.2, -0.15) is 0 Å². The van der Waals surface area contributed by atoms with Gasteiger partial charge in [0.15, 0.2) is 0 Å². The fourth-order valence-electron chi connectivity index (χ4n) is 3.53. The molecule has 1 aromatic carbocycles. The largest absolute Gasteiger partial charge is 0.496 e. The first-order valence-corrected chi connectivity index (χ1v) is 7.13. The predicted octanol–water partition coefficient (Wildman–Crippen LogP) is 2.51. The lowest BCUT2D eigenvalue weighted by Gasteiger charge is -2.24. The number of hydrogen-bond acceptors (Lipinski definition) is 2. The van der Waals surface area contributed by atoms with Crippen LogP contribution in [0.3, 0.4) is 0 Å². The Morgan fingerprint density at radius 3 is 2.90 bits per heavy atom. The Labute approximate surface area is 118 Å². The highest BCUT2D eigenvalue weighted by molar-refractivity contribution is 5.83. The lowest BCUT2D eigenvalue weighted by atomic mass is 9.97. The molecule has 20 heavy (non-hydrogen) atoms. The first-order valence-electron chi connectivity index (χ1n) is 7.13. The van der Waals surface area contributed by atoms with Crippen molar-refractivity contribution in [2.24, 2.45) is 0 Å². The molecule has 1 aliphatic heterocycles. The number of carbonyl (C=O) groups excluding carboxylic acids is 1. The van der Waals surface area contributed by atoms with Crippen molar-refractivity contribution >= 4 is 5.78 Å². The van der Waals surface area contributed by atoms with E-state index in [4.69, 9.17) is 4.74 Å². The van der Waals surface area contributed by atoms with Gasteiger partial charge in [-0.05, 0) is 29.7 Å². The van der Waals surface area contributed by atoms with Gasteiger partial charge in [-0.1, -0.05) is 12.1 Å². The van der Waals surface area contributed by atoms with Crippen molar-refractivity contribution in [2.45, 2.75) is 32.2 Å². The molecule has 3 heteroatoms. The van der Waals surface area contributed by atoms with Gasteiger partial charge in [0.1, 0.15) is 11.5 Å². The minimum absolute atomic E-state index is 0.365. The van der Waals surface area contributed by atoms with E-state index in [1.807, 2.05) is 6.07 Å². The number of rotatable bonds is 1. The zero-order valence-electron chi connectivity index (χ0n) is 11.6. The molecule has 102 valence electrons. The summed E-state index contributed by atoms with van der Waals surface area (Å²) in [5, 5.41) is 0. The van der Waals surface area contributed by atoms with Gasteiger partial charge in [-0.25, -0.2) is 0 Å². The van der Waals surface area contributed by atoms with E-state index in [1.165, 1.54) is 28.1 Å². The number of ether oxygens (including phenoxy) is 1. The van der Waals surface area contributed by atoms with Crippen LogP contribution in [0, 0.1) is 0 Å². The molecule has 0 unspecified atom stereocenters. The van der Waals surface area contributed by atoms with Gasteiger partial charge in [0.2, 0.25) is 0 Å². The maximum absolute atomic E-state index is 11.7. The molecule has 0 bridgehead atoms. The lowest BCUT2D eigenvalue weighted by Crippen LogP contribution is -2.20. The molecule has 1 aliphatic carbocycles. The number of Topliss-reactive ketones (excluding diaryl/α,β-unsaturated/α-hetero) is 1. The highest BCUT2D eigenvalue weighted by Crippen LogP contribution is 2.34. The number of methoxy groups -OCH3 is 1. The summed E-state index contributed by atoms with van der Waals surface area (Å²) < 4.78 is 7.82. The first kappa shape index (κ1) is 11.8. The number of fused-ring (bicyclic) bond motifs is 4. The summed E-state index contributed by atoms with van der Waals surface area (Å²) in [7, 11) is 1.72. The van der Waals surface area contributed by atoms with Crippen LogP contribution in [0.4, 0.5) is 0 Å². The Balaban J connectivity index is 1.83. The second-order valence-corrected chi connectivity index (χ2v) is 5.68. The average molecular weight is 267 g/mol. The summed E-state index contributed by atoms with van der Waals surface area (Å²) in [4.78, 5) is 11.7. The highest BCUT2D eigenvalue weighted by atomic mass is 16.5. The molecule has 2 heterocycles. The summed E-state index contributed by atoms with van der Waals surface area (Å²) >= 11 is 0. The van der Waals surface area contributed by atoms with Crippen LogP contribution in [0.1, 0.15) is 34.5 Å². The van der Waals surface area contributed by atoms with Crippen LogP contribution in [-0.4, -0.2) is 17.5 Å². The second-order valence-electron chi connectivity index (χ2n) is 5.68. The normalized spacial score (nSPS) is 16.4. The van der Waals surface area contributed by atoms with Gasteiger partial charge in [-0.15, -0.1) is 0 Å². The van der Waals surface area contributed by atoms with Crippen LogP contribution >= 0.6 is 0 Å². The average Bonchev–Trinajstić information content (AvgIpc) is 2.81. The molecule has 2 aliphatic rings. The van der Waals surface area contributed by atoms with E-state index in [0.717, 1.165) is 25.1 Å². The maximum atomic E-state index is 11.7. The summed E-state index contributed by atoms with van der Waals surface area (Å²) in [5.41, 5.74) is 6.54. The van der Waals surface area contributed by atoms with Gasteiger partial charge in [0, 0.05) is 36.2 Å². The summed E-state index contributed by atoms with van der Waals surface area (Å²) in [5.74, 6) is 1.32. The summed E-state index contributed by atoms with van der Waals surface area (Å²) in [6.45, 7) is 0.831. The van der Waals surface area contributed by atoms with Gasteiger partial charge < -0.3 is 9.30 Å². The molecular weight excluding hydrogens is 250 g/mol. The van der Waals surface area contributed by atoms with E-state index in [9.17, 15) is 4.79 Å². The number of carbonyl (C=O) groups is 1. The van der Waals surface area contributed by atoms with Crippen molar-refractivity contribution in [3.05, 3.63) is 52.3 Å². The van der Waals surface area contributed by atoms with E-state index in [0.29, 0.717) is 18.6 Å². The quantitative estimate of drug-likeness (QED) is 0.678. The third-order valence-electron chi connectivity index (χ3n) is 4.56. The van der Waals surface area contributed by atoms with Gasteiger partial charge in [0.25, 0.3) is 0 Å². The molecule has 0 spiro atoms. The molecule has 0 fully saturated rings. The van der Waals surface area contributed by atoms with Crippen LogP contribution in [0.15, 0.2) is 24.3 Å². The SMILES string of the molecule is COc1cccc2c1Cn1c(cc3c1CC(=O)CC3)C2. The summed E-state index contributed by atoms with van der Waals surface area (Å²) in [6, 6.07) is 8.55. The minimum Gasteiger partial charge on any atom is -0.496 e. The molecule has 1 aromatic heterocycles. The molecular formula is C17H17NO2. The van der Waals surface area contributed by atoms with Gasteiger partial charge >= 0.3 is 0 Å². The van der Waals surface area contributed by atoms with Crippen molar-refractivity contribution in [1.29, 1.82) is 0 Å². The molecule has 0 amide bonds. The Kier molecular flexibility index (Phi) is 2.49. The maximum Gasteiger partial charge on any atom is 0.139 e. The van der Waals surface area contributed by atoms with Crippen LogP contribution < -0.4 is 4.74 Å². The smallest absolute Gasteiger partial charge is 0.139 e. The zero-order valence-corrected chi connectivity index (χ0v) is 11.6. The zero-order chi connectivity index (χ0) is 13.7. The monoisotopic (exact) mass is 267 g/mol. The van der Waals surface area contributed by atoms with Crippen molar-refractivity contribution in [3.8, 4) is 5.75 Å². The third-order valence-corrected chi connectivity index (χ3v) is 4.56. The second kappa shape index (κ2) is 4.23. The predicted molar refractivity (Wildman–Crippen MR) is 76.4 cm³/mol. The molecule has 0 N–H and O–H groups in total. The third kappa shape index (κ3) is 1.62. The van der Waals surface area contributed by atoms with Crippen LogP contribution in [0.25, 0.3) is 0 Å². The molecule has 3 nitrogen and oxygen atoms in total. The number of hydrogen-bond donors (Lipinski definition) is 0. The topological polar surface area (TPSA) is 31.2 Å². The molecule has 2 aromatic rings. The van der Waals surface area contributed by atoms with Crippen molar-refractivity contribution in [2.75, 3.05) is 7.11 Å². The molecule has 4 rings (SSSR count). The summed E-state index contributed by atoms with van der Waals surface area (Å²) in [6.07, 6.45) is 3.14. The van der Waals surface area contributed by atoms with Crippen LogP contribution in [-0.2, 0) is 30.6 Å². The Bertz CT molecular complexity index is 712. The van der Waals surface area contributed by atoms with E-state index in [1.54, 1.807) is 7.11 Å². The molecule has 0 saturated carbocycles. The Morgan fingerprint density at radius 2 is 2.05 bits per heavy atom. The minimum atomic E-state index is 0.365. The fourth-order valence-corrected chi connectivity index (χ4v) is 3.53. The first-order chi connectivity index (χ1) is 9.76.